The SMILES string of the molecule is Cn1ccnc(N2CCc3c(N)cccc3C2)c1=O. The lowest BCUT2D eigenvalue weighted by molar-refractivity contribution is 0.703. The number of benzene rings is 1. The summed E-state index contributed by atoms with van der Waals surface area (Å²) in [6.45, 7) is 1.46. The highest BCUT2D eigenvalue weighted by atomic mass is 16.1. The van der Waals surface area contributed by atoms with Crippen LogP contribution in [-0.4, -0.2) is 16.1 Å². The van der Waals surface area contributed by atoms with Crippen molar-refractivity contribution in [3.63, 3.8) is 0 Å². The number of aryl methyl sites for hydroxylation is 1. The minimum absolute atomic E-state index is 0.0603. The first kappa shape index (κ1) is 11.8. The van der Waals surface area contributed by atoms with Gasteiger partial charge in [0, 0.05) is 38.2 Å². The van der Waals surface area contributed by atoms with Gasteiger partial charge in [-0.15, -0.1) is 0 Å². The highest BCUT2D eigenvalue weighted by Gasteiger charge is 2.21. The molecule has 1 aliphatic rings. The molecule has 1 aromatic heterocycles. The normalized spacial score (nSPS) is 14.3. The third-order valence-corrected chi connectivity index (χ3v) is 3.60. The van der Waals surface area contributed by atoms with Crippen molar-refractivity contribution < 1.29 is 0 Å². The Bertz CT molecular complexity index is 677. The van der Waals surface area contributed by atoms with Crippen LogP contribution in [0.4, 0.5) is 11.5 Å². The van der Waals surface area contributed by atoms with E-state index in [0.717, 1.165) is 18.7 Å². The van der Waals surface area contributed by atoms with Crippen LogP contribution in [0.15, 0.2) is 35.4 Å². The van der Waals surface area contributed by atoms with Gasteiger partial charge in [0.1, 0.15) is 0 Å². The van der Waals surface area contributed by atoms with Gasteiger partial charge in [-0.05, 0) is 23.6 Å². The molecule has 0 saturated heterocycles. The maximum atomic E-state index is 12.1. The van der Waals surface area contributed by atoms with Gasteiger partial charge in [-0.25, -0.2) is 4.98 Å². The van der Waals surface area contributed by atoms with Gasteiger partial charge < -0.3 is 15.2 Å². The second kappa shape index (κ2) is 4.42. The minimum atomic E-state index is -0.0603. The van der Waals surface area contributed by atoms with E-state index in [9.17, 15) is 4.79 Å². The molecule has 0 atom stereocenters. The van der Waals surface area contributed by atoms with E-state index >= 15 is 0 Å². The minimum Gasteiger partial charge on any atom is -0.398 e. The van der Waals surface area contributed by atoms with Gasteiger partial charge in [-0.3, -0.25) is 4.79 Å². The van der Waals surface area contributed by atoms with Crippen LogP contribution in [0.3, 0.4) is 0 Å². The Balaban J connectivity index is 1.98. The van der Waals surface area contributed by atoms with Crippen molar-refractivity contribution in [2.75, 3.05) is 17.2 Å². The Morgan fingerprint density at radius 1 is 1.37 bits per heavy atom. The third kappa shape index (κ3) is 1.97. The molecular formula is C14H16N4O. The molecule has 98 valence electrons. The number of hydrogen-bond acceptors (Lipinski definition) is 4. The summed E-state index contributed by atoms with van der Waals surface area (Å²) in [5.74, 6) is 0.512. The number of hydrogen-bond donors (Lipinski definition) is 1. The van der Waals surface area contributed by atoms with E-state index in [1.54, 1.807) is 24.0 Å². The standard InChI is InChI=1S/C14H16N4O/c1-17-8-6-16-13(14(17)19)18-7-5-11-10(9-18)3-2-4-12(11)15/h2-4,6,8H,5,7,9,15H2,1H3. The molecule has 1 aromatic carbocycles. The second-order valence-corrected chi connectivity index (χ2v) is 4.82. The molecule has 0 bridgehead atoms. The Kier molecular flexibility index (Phi) is 2.74. The lowest BCUT2D eigenvalue weighted by atomic mass is 9.98. The van der Waals surface area contributed by atoms with Crippen LogP contribution < -0.4 is 16.2 Å². The van der Waals surface area contributed by atoms with E-state index in [1.807, 2.05) is 17.0 Å². The number of nitrogen functional groups attached to an aromatic ring is 1. The largest absolute Gasteiger partial charge is 0.398 e. The predicted molar refractivity (Wildman–Crippen MR) is 75.1 cm³/mol. The van der Waals surface area contributed by atoms with E-state index in [2.05, 4.69) is 11.1 Å². The molecule has 0 radical (unpaired) electrons. The van der Waals surface area contributed by atoms with Crippen LogP contribution >= 0.6 is 0 Å². The number of rotatable bonds is 1. The smallest absolute Gasteiger partial charge is 0.293 e. The first-order valence-electron chi connectivity index (χ1n) is 6.29. The molecule has 3 rings (SSSR count). The molecule has 19 heavy (non-hydrogen) atoms. The average Bonchev–Trinajstić information content (AvgIpc) is 2.42. The van der Waals surface area contributed by atoms with E-state index in [4.69, 9.17) is 5.73 Å². The van der Waals surface area contributed by atoms with Crippen molar-refractivity contribution in [2.45, 2.75) is 13.0 Å². The Morgan fingerprint density at radius 2 is 2.21 bits per heavy atom. The lowest BCUT2D eigenvalue weighted by Crippen LogP contribution is -2.36. The number of nitrogens with zero attached hydrogens (tertiary/aromatic N) is 3. The van der Waals surface area contributed by atoms with Crippen molar-refractivity contribution >= 4 is 11.5 Å². The van der Waals surface area contributed by atoms with Gasteiger partial charge in [0.2, 0.25) is 0 Å². The van der Waals surface area contributed by atoms with Gasteiger partial charge in [0.15, 0.2) is 5.82 Å². The summed E-state index contributed by atoms with van der Waals surface area (Å²) in [6, 6.07) is 5.94. The highest BCUT2D eigenvalue weighted by Crippen LogP contribution is 2.25. The molecule has 5 heteroatoms. The van der Waals surface area contributed by atoms with Gasteiger partial charge >= 0.3 is 0 Å². The van der Waals surface area contributed by atoms with Crippen molar-refractivity contribution in [1.29, 1.82) is 0 Å². The molecule has 0 unspecified atom stereocenters. The molecule has 0 spiro atoms. The van der Waals surface area contributed by atoms with E-state index < -0.39 is 0 Å². The summed E-state index contributed by atoms with van der Waals surface area (Å²) in [6.07, 6.45) is 4.18. The summed E-state index contributed by atoms with van der Waals surface area (Å²) in [7, 11) is 1.74. The molecule has 2 N–H and O–H groups in total. The van der Waals surface area contributed by atoms with Gasteiger partial charge in [0.05, 0.1) is 0 Å². The molecule has 2 aromatic rings. The molecule has 1 aliphatic heterocycles. The van der Waals surface area contributed by atoms with E-state index in [-0.39, 0.29) is 5.56 Å². The molecule has 2 heterocycles. The summed E-state index contributed by atoms with van der Waals surface area (Å²) in [5.41, 5.74) is 9.14. The number of aromatic nitrogens is 2. The fourth-order valence-corrected chi connectivity index (χ4v) is 2.52. The van der Waals surface area contributed by atoms with Crippen molar-refractivity contribution in [3.8, 4) is 0 Å². The fraction of sp³-hybridized carbons (Fsp3) is 0.286. The summed E-state index contributed by atoms with van der Waals surface area (Å²) in [5, 5.41) is 0. The van der Waals surface area contributed by atoms with E-state index in [0.29, 0.717) is 12.4 Å². The fourth-order valence-electron chi connectivity index (χ4n) is 2.52. The van der Waals surface area contributed by atoms with Crippen molar-refractivity contribution in [3.05, 3.63) is 52.1 Å². The topological polar surface area (TPSA) is 64.2 Å². The number of fused-ring (bicyclic) bond motifs is 1. The van der Waals surface area contributed by atoms with E-state index in [1.165, 1.54) is 11.1 Å². The van der Waals surface area contributed by atoms with Crippen LogP contribution in [0.1, 0.15) is 11.1 Å². The molecule has 0 fully saturated rings. The van der Waals surface area contributed by atoms with Crippen molar-refractivity contribution in [1.82, 2.24) is 9.55 Å². The van der Waals surface area contributed by atoms with Crippen LogP contribution in [0.2, 0.25) is 0 Å². The third-order valence-electron chi connectivity index (χ3n) is 3.60. The summed E-state index contributed by atoms with van der Waals surface area (Å²) >= 11 is 0. The van der Waals surface area contributed by atoms with Crippen LogP contribution in [0.5, 0.6) is 0 Å². The zero-order valence-corrected chi connectivity index (χ0v) is 10.8. The first-order chi connectivity index (χ1) is 9.16. The molecule has 5 nitrogen and oxygen atoms in total. The Hall–Kier alpha value is -2.30. The van der Waals surface area contributed by atoms with Gasteiger partial charge in [0.25, 0.3) is 5.56 Å². The maximum Gasteiger partial charge on any atom is 0.293 e. The van der Waals surface area contributed by atoms with Crippen molar-refractivity contribution in [2.24, 2.45) is 7.05 Å². The number of anilines is 2. The molecular weight excluding hydrogens is 240 g/mol. The zero-order chi connectivity index (χ0) is 13.4. The van der Waals surface area contributed by atoms with Gasteiger partial charge in [-0.1, -0.05) is 12.1 Å². The zero-order valence-electron chi connectivity index (χ0n) is 10.8. The lowest BCUT2D eigenvalue weighted by Gasteiger charge is -2.29. The summed E-state index contributed by atoms with van der Waals surface area (Å²) in [4.78, 5) is 18.3. The monoisotopic (exact) mass is 256 g/mol. The second-order valence-electron chi connectivity index (χ2n) is 4.82. The predicted octanol–water partition coefficient (Wildman–Crippen LogP) is 0.925. The first-order valence-corrected chi connectivity index (χ1v) is 6.29. The summed E-state index contributed by atoms with van der Waals surface area (Å²) < 4.78 is 1.55. The number of nitrogens with two attached hydrogens (primary N) is 1. The molecule has 0 amide bonds. The average molecular weight is 256 g/mol. The highest BCUT2D eigenvalue weighted by molar-refractivity contribution is 5.54. The van der Waals surface area contributed by atoms with Gasteiger partial charge in [-0.2, -0.15) is 0 Å². The van der Waals surface area contributed by atoms with Crippen LogP contribution in [0, 0.1) is 0 Å². The maximum absolute atomic E-state index is 12.1. The Labute approximate surface area is 111 Å². The quantitative estimate of drug-likeness (QED) is 0.771. The van der Waals surface area contributed by atoms with Crippen LogP contribution in [0.25, 0.3) is 0 Å². The molecule has 0 aliphatic carbocycles. The Morgan fingerprint density at radius 3 is 3.05 bits per heavy atom. The van der Waals surface area contributed by atoms with Crippen LogP contribution in [-0.2, 0) is 20.0 Å². The molecule has 0 saturated carbocycles.